The summed E-state index contributed by atoms with van der Waals surface area (Å²) in [6.45, 7) is 6.30. The zero-order chi connectivity index (χ0) is 32.1. The highest BCUT2D eigenvalue weighted by Gasteiger charge is 2.32. The van der Waals surface area contributed by atoms with Crippen molar-refractivity contribution in [3.63, 3.8) is 0 Å². The Bertz CT molecular complexity index is 1700. The van der Waals surface area contributed by atoms with E-state index in [0.29, 0.717) is 33.8 Å². The number of unbranched alkanes of at least 4 members (excludes halogenated alkanes) is 1. The Labute approximate surface area is 269 Å². The van der Waals surface area contributed by atoms with E-state index < -0.39 is 6.36 Å². The number of thioether (sulfide) groups is 1. The number of hydrogen-bond donors (Lipinski definition) is 0. The average Bonchev–Trinajstić information content (AvgIpc) is 3.62. The zero-order valence-electron chi connectivity index (χ0n) is 25.0. The molecule has 0 spiro atoms. The fourth-order valence-corrected chi connectivity index (χ4v) is 6.10. The molecule has 1 amide bonds. The molecule has 1 saturated heterocycles. The summed E-state index contributed by atoms with van der Waals surface area (Å²) in [5, 5.41) is 5.11. The van der Waals surface area contributed by atoms with E-state index in [2.05, 4.69) is 46.6 Å². The maximum absolute atomic E-state index is 12.8. The molecule has 0 radical (unpaired) electrons. The predicted molar refractivity (Wildman–Crippen MR) is 176 cm³/mol. The topological polar surface area (TPSA) is 72.6 Å². The second-order valence-electron chi connectivity index (χ2n) is 11.0. The molecular weight excluding hydrogens is 620 g/mol. The molecular formula is C33H32F3N5O2S2. The molecule has 5 rings (SSSR count). The van der Waals surface area contributed by atoms with Crippen molar-refractivity contribution in [2.24, 2.45) is 4.99 Å². The van der Waals surface area contributed by atoms with E-state index in [1.807, 2.05) is 36.4 Å². The smallest absolute Gasteiger partial charge is 0.406 e. The SMILES string of the molecule is Cc1ccc(N2C(=O)CSC2=NC(=S)CCCCc2ccc(-c3ncn(-c4ccc(OC(F)(F)F)cc4)n3)cc2)c(C(C)C)c1. The van der Waals surface area contributed by atoms with Gasteiger partial charge in [0, 0.05) is 12.0 Å². The Kier molecular flexibility index (Phi) is 10.0. The number of aryl methyl sites for hydroxylation is 2. The molecule has 1 aromatic heterocycles. The number of carbonyl (C=O) groups is 1. The minimum absolute atomic E-state index is 0.0198. The summed E-state index contributed by atoms with van der Waals surface area (Å²) in [5.74, 6) is 0.847. The van der Waals surface area contributed by atoms with Crippen molar-refractivity contribution >= 4 is 45.7 Å². The van der Waals surface area contributed by atoms with Gasteiger partial charge in [-0.15, -0.1) is 18.3 Å². The van der Waals surface area contributed by atoms with E-state index in [4.69, 9.17) is 12.2 Å². The zero-order valence-corrected chi connectivity index (χ0v) is 26.7. The Morgan fingerprint density at radius 1 is 1.07 bits per heavy atom. The van der Waals surface area contributed by atoms with Crippen molar-refractivity contribution in [1.29, 1.82) is 0 Å². The fraction of sp³-hybridized carbons (Fsp3) is 0.303. The molecule has 2 heterocycles. The van der Waals surface area contributed by atoms with Crippen LogP contribution >= 0.6 is 24.0 Å². The molecule has 3 aromatic carbocycles. The van der Waals surface area contributed by atoms with Crippen LogP contribution in [0.4, 0.5) is 18.9 Å². The molecule has 7 nitrogen and oxygen atoms in total. The maximum atomic E-state index is 12.8. The van der Waals surface area contributed by atoms with Crippen LogP contribution in [0, 0.1) is 6.92 Å². The molecule has 1 fully saturated rings. The van der Waals surface area contributed by atoms with Gasteiger partial charge in [-0.1, -0.05) is 79.8 Å². The number of carbonyl (C=O) groups excluding carboxylic acids is 1. The minimum Gasteiger partial charge on any atom is -0.406 e. The van der Waals surface area contributed by atoms with E-state index >= 15 is 0 Å². The molecule has 45 heavy (non-hydrogen) atoms. The standard InChI is InChI=1S/C33H32F3N5O2S2/c1-21(2)27-18-22(3)8-17-28(27)41-30(42)19-45-32(41)38-29(44)7-5-4-6-23-9-11-24(12-10-23)31-37-20-40(39-31)25-13-15-26(16-14-25)43-33(34,35)36/h8-18,20-21H,4-7,19H2,1-3H3. The molecule has 0 N–H and O–H groups in total. The fourth-order valence-electron chi connectivity index (χ4n) is 4.93. The number of ether oxygens (including phenoxy) is 1. The first-order chi connectivity index (χ1) is 21.5. The third-order valence-electron chi connectivity index (χ3n) is 7.18. The number of aromatic nitrogens is 3. The number of amides is 1. The van der Waals surface area contributed by atoms with Crippen molar-refractivity contribution < 1.29 is 22.7 Å². The molecule has 0 aliphatic carbocycles. The molecule has 234 valence electrons. The number of benzene rings is 3. The van der Waals surface area contributed by atoms with Crippen LogP contribution in [-0.4, -0.2) is 42.9 Å². The highest BCUT2D eigenvalue weighted by Crippen LogP contribution is 2.34. The lowest BCUT2D eigenvalue weighted by Gasteiger charge is -2.22. The van der Waals surface area contributed by atoms with Gasteiger partial charge in [-0.3, -0.25) is 9.69 Å². The van der Waals surface area contributed by atoms with Crippen LogP contribution in [0.3, 0.4) is 0 Å². The Morgan fingerprint density at radius 3 is 2.49 bits per heavy atom. The summed E-state index contributed by atoms with van der Waals surface area (Å²) in [4.78, 5) is 24.2. The van der Waals surface area contributed by atoms with Gasteiger partial charge in [0.05, 0.1) is 17.1 Å². The first-order valence-electron chi connectivity index (χ1n) is 14.5. The average molecular weight is 652 g/mol. The molecule has 1 aliphatic rings. The van der Waals surface area contributed by atoms with E-state index in [1.165, 1.54) is 52.6 Å². The monoisotopic (exact) mass is 651 g/mol. The number of amidine groups is 1. The number of nitrogens with zero attached hydrogens (tertiary/aromatic N) is 5. The van der Waals surface area contributed by atoms with Gasteiger partial charge in [-0.2, -0.15) is 0 Å². The van der Waals surface area contributed by atoms with Gasteiger partial charge < -0.3 is 4.74 Å². The Hall–Kier alpha value is -4.03. The van der Waals surface area contributed by atoms with E-state index in [1.54, 1.807) is 4.90 Å². The second-order valence-corrected chi connectivity index (χ2v) is 12.4. The molecule has 0 bridgehead atoms. The van der Waals surface area contributed by atoms with Gasteiger partial charge in [-0.05, 0) is 73.6 Å². The number of aliphatic imine (C=N–C) groups is 1. The highest BCUT2D eigenvalue weighted by atomic mass is 32.2. The van der Waals surface area contributed by atoms with E-state index in [9.17, 15) is 18.0 Å². The number of rotatable bonds is 10. The van der Waals surface area contributed by atoms with Crippen LogP contribution < -0.4 is 9.64 Å². The lowest BCUT2D eigenvalue weighted by molar-refractivity contribution is -0.274. The Balaban J connectivity index is 1.13. The van der Waals surface area contributed by atoms with Gasteiger partial charge in [0.1, 0.15) is 17.1 Å². The Morgan fingerprint density at radius 2 is 1.80 bits per heavy atom. The molecule has 0 saturated carbocycles. The lowest BCUT2D eigenvalue weighted by atomic mass is 9.98. The van der Waals surface area contributed by atoms with Crippen molar-refractivity contribution in [3.8, 4) is 22.8 Å². The van der Waals surface area contributed by atoms with Crippen molar-refractivity contribution in [2.75, 3.05) is 10.7 Å². The number of halogens is 3. The molecule has 4 aromatic rings. The van der Waals surface area contributed by atoms with Crippen molar-refractivity contribution in [2.45, 2.75) is 58.7 Å². The first kappa shape index (κ1) is 32.4. The minimum atomic E-state index is -4.74. The summed E-state index contributed by atoms with van der Waals surface area (Å²) in [7, 11) is 0. The number of hydrogen-bond acceptors (Lipinski definition) is 6. The van der Waals surface area contributed by atoms with Crippen molar-refractivity contribution in [3.05, 3.63) is 89.7 Å². The second kappa shape index (κ2) is 13.9. The largest absolute Gasteiger partial charge is 0.573 e. The van der Waals surface area contributed by atoms with E-state index in [-0.39, 0.29) is 17.6 Å². The van der Waals surface area contributed by atoms with Crippen LogP contribution in [0.5, 0.6) is 5.75 Å². The van der Waals surface area contributed by atoms with Crippen molar-refractivity contribution in [1.82, 2.24) is 14.8 Å². The van der Waals surface area contributed by atoms with Crippen LogP contribution in [0.15, 0.2) is 78.0 Å². The van der Waals surface area contributed by atoms with Crippen LogP contribution in [0.1, 0.15) is 55.7 Å². The van der Waals surface area contributed by atoms with Gasteiger partial charge >= 0.3 is 6.36 Å². The third kappa shape index (κ3) is 8.37. The molecule has 1 aliphatic heterocycles. The van der Waals surface area contributed by atoms with Crippen LogP contribution in [0.25, 0.3) is 17.1 Å². The van der Waals surface area contributed by atoms with Crippen LogP contribution in [0.2, 0.25) is 0 Å². The quantitative estimate of drug-likeness (QED) is 0.127. The van der Waals surface area contributed by atoms with Crippen LogP contribution in [-0.2, 0) is 11.2 Å². The van der Waals surface area contributed by atoms with E-state index in [0.717, 1.165) is 41.6 Å². The van der Waals surface area contributed by atoms with Gasteiger partial charge in [0.15, 0.2) is 11.0 Å². The number of anilines is 1. The lowest BCUT2D eigenvalue weighted by Crippen LogP contribution is -2.30. The normalized spacial score (nSPS) is 14.5. The molecule has 0 unspecified atom stereocenters. The first-order valence-corrected chi connectivity index (χ1v) is 15.9. The summed E-state index contributed by atoms with van der Waals surface area (Å²) in [5.41, 5.74) is 5.71. The number of alkyl halides is 3. The predicted octanol–water partition coefficient (Wildman–Crippen LogP) is 8.44. The highest BCUT2D eigenvalue weighted by molar-refractivity contribution is 8.15. The number of thiocarbonyl (C=S) groups is 1. The molecule has 0 atom stereocenters. The summed E-state index contributed by atoms with van der Waals surface area (Å²) in [6.07, 6.45) is 0.101. The summed E-state index contributed by atoms with van der Waals surface area (Å²) < 4.78 is 42.6. The third-order valence-corrected chi connectivity index (χ3v) is 8.40. The summed E-state index contributed by atoms with van der Waals surface area (Å²) >= 11 is 7.03. The molecule has 12 heteroatoms. The van der Waals surface area contributed by atoms with Gasteiger partial charge in [0.2, 0.25) is 5.91 Å². The maximum Gasteiger partial charge on any atom is 0.573 e. The van der Waals surface area contributed by atoms with Gasteiger partial charge in [0.25, 0.3) is 0 Å². The summed E-state index contributed by atoms with van der Waals surface area (Å²) in [6, 6.07) is 19.5. The van der Waals surface area contributed by atoms with Gasteiger partial charge in [-0.25, -0.2) is 14.7 Å².